The smallest absolute Gasteiger partial charge is 0.276 e. The number of sulfonamides is 1. The van der Waals surface area contributed by atoms with Crippen LogP contribution in [0.1, 0.15) is 11.4 Å². The largest absolute Gasteiger partial charge is 0.388 e. The number of aromatic nitrogens is 3. The Balaban J connectivity index is 1.77. The zero-order valence-corrected chi connectivity index (χ0v) is 15.6. The van der Waals surface area contributed by atoms with Crippen molar-refractivity contribution in [2.45, 2.75) is 24.5 Å². The number of aliphatic hydroxyl groups is 1. The molecule has 0 aliphatic heterocycles. The predicted octanol–water partition coefficient (Wildman–Crippen LogP) is 1.26. The van der Waals surface area contributed by atoms with Crippen molar-refractivity contribution >= 4 is 32.0 Å². The monoisotopic (exact) mass is 398 g/mol. The molecule has 2 aromatic heterocycles. The SMILES string of the molecule is NS(=O)(=O)c1ccc(CCn2c(CO)nc3c(=O)[nH]c4ccccc4c32)cc1. The molecule has 0 amide bonds. The molecule has 0 unspecified atom stereocenters. The molecule has 4 rings (SSSR count). The molecular weight excluding hydrogens is 380 g/mol. The molecule has 9 heteroatoms. The number of nitrogens with one attached hydrogen (secondary N) is 1. The van der Waals surface area contributed by atoms with Crippen molar-refractivity contribution < 1.29 is 13.5 Å². The van der Waals surface area contributed by atoms with Gasteiger partial charge in [-0.3, -0.25) is 4.79 Å². The Hall–Kier alpha value is -3.01. The van der Waals surface area contributed by atoms with Crippen molar-refractivity contribution in [1.29, 1.82) is 0 Å². The molecule has 144 valence electrons. The van der Waals surface area contributed by atoms with E-state index in [1.54, 1.807) is 12.1 Å². The number of H-pyrrole nitrogens is 1. The number of benzene rings is 2. The number of nitrogens with zero attached hydrogens (tertiary/aromatic N) is 2. The molecular formula is C19H18N4O4S. The summed E-state index contributed by atoms with van der Waals surface area (Å²) in [6.45, 7) is 0.168. The number of nitrogens with two attached hydrogens (primary N) is 1. The third-order valence-corrected chi connectivity index (χ3v) is 5.64. The first-order valence-electron chi connectivity index (χ1n) is 8.61. The zero-order chi connectivity index (χ0) is 19.9. The first-order valence-corrected chi connectivity index (χ1v) is 10.2. The molecule has 0 aliphatic carbocycles. The number of imidazole rings is 1. The van der Waals surface area contributed by atoms with Gasteiger partial charge in [-0.15, -0.1) is 0 Å². The first-order chi connectivity index (χ1) is 13.4. The summed E-state index contributed by atoms with van der Waals surface area (Å²) in [4.78, 5) is 19.6. The van der Waals surface area contributed by atoms with Crippen molar-refractivity contribution in [1.82, 2.24) is 14.5 Å². The molecule has 0 radical (unpaired) electrons. The summed E-state index contributed by atoms with van der Waals surface area (Å²) in [6, 6.07) is 13.7. The van der Waals surface area contributed by atoms with E-state index in [1.165, 1.54) is 12.1 Å². The highest BCUT2D eigenvalue weighted by molar-refractivity contribution is 7.89. The summed E-state index contributed by atoms with van der Waals surface area (Å²) in [6.07, 6.45) is 0.560. The fraction of sp³-hybridized carbons (Fsp3) is 0.158. The molecule has 0 fully saturated rings. The minimum Gasteiger partial charge on any atom is -0.388 e. The first kappa shape index (κ1) is 18.4. The quantitative estimate of drug-likeness (QED) is 0.466. The second kappa shape index (κ2) is 6.86. The number of aromatic amines is 1. The molecule has 8 nitrogen and oxygen atoms in total. The Labute approximate surface area is 160 Å². The summed E-state index contributed by atoms with van der Waals surface area (Å²) in [5.41, 5.74) is 2.24. The maximum absolute atomic E-state index is 12.4. The van der Waals surface area contributed by atoms with E-state index in [-0.39, 0.29) is 22.6 Å². The van der Waals surface area contributed by atoms with Gasteiger partial charge in [-0.2, -0.15) is 0 Å². The highest BCUT2D eigenvalue weighted by atomic mass is 32.2. The van der Waals surface area contributed by atoms with Gasteiger partial charge in [0.1, 0.15) is 12.4 Å². The molecule has 28 heavy (non-hydrogen) atoms. The fourth-order valence-electron chi connectivity index (χ4n) is 3.36. The maximum atomic E-state index is 12.4. The number of para-hydroxylation sites is 1. The Morgan fingerprint density at radius 3 is 2.50 bits per heavy atom. The number of hydrogen-bond acceptors (Lipinski definition) is 5. The van der Waals surface area contributed by atoms with Crippen LogP contribution in [0.25, 0.3) is 21.9 Å². The van der Waals surface area contributed by atoms with Crippen LogP contribution < -0.4 is 10.7 Å². The van der Waals surface area contributed by atoms with Crippen LogP contribution in [0, 0.1) is 0 Å². The highest BCUT2D eigenvalue weighted by Crippen LogP contribution is 2.23. The van der Waals surface area contributed by atoms with Gasteiger partial charge in [0.05, 0.1) is 15.9 Å². The van der Waals surface area contributed by atoms with Crippen molar-refractivity contribution in [2.75, 3.05) is 0 Å². The van der Waals surface area contributed by atoms with Gasteiger partial charge in [-0.05, 0) is 30.2 Å². The minimum atomic E-state index is -3.73. The van der Waals surface area contributed by atoms with Crippen LogP contribution in [0.5, 0.6) is 0 Å². The Kier molecular flexibility index (Phi) is 4.50. The normalized spacial score (nSPS) is 12.1. The highest BCUT2D eigenvalue weighted by Gasteiger charge is 2.16. The topological polar surface area (TPSA) is 131 Å². The van der Waals surface area contributed by atoms with Gasteiger partial charge in [-0.1, -0.05) is 30.3 Å². The standard InChI is InChI=1S/C19H18N4O4S/c20-28(26,27)13-7-5-12(6-8-13)9-10-23-16(11-24)22-17-18(23)14-3-1-2-4-15(14)21-19(17)25/h1-8,24H,9-11H2,(H,21,25)(H2,20,26,27). The summed E-state index contributed by atoms with van der Waals surface area (Å²) < 4.78 is 24.6. The van der Waals surface area contributed by atoms with Gasteiger partial charge in [0.25, 0.3) is 5.56 Å². The van der Waals surface area contributed by atoms with Crippen LogP contribution >= 0.6 is 0 Å². The maximum Gasteiger partial charge on any atom is 0.276 e. The third kappa shape index (κ3) is 3.19. The van der Waals surface area contributed by atoms with Gasteiger partial charge in [0, 0.05) is 11.9 Å². The van der Waals surface area contributed by atoms with Crippen molar-refractivity contribution in [2.24, 2.45) is 5.14 Å². The van der Waals surface area contributed by atoms with Crippen LogP contribution in [-0.4, -0.2) is 28.1 Å². The number of aryl methyl sites for hydroxylation is 2. The van der Waals surface area contributed by atoms with Crippen LogP contribution in [0.2, 0.25) is 0 Å². The van der Waals surface area contributed by atoms with Gasteiger partial charge < -0.3 is 14.7 Å². The van der Waals surface area contributed by atoms with Crippen LogP contribution in [0.4, 0.5) is 0 Å². The van der Waals surface area contributed by atoms with Gasteiger partial charge in [0.15, 0.2) is 5.52 Å². The molecule has 0 saturated heterocycles. The lowest BCUT2D eigenvalue weighted by Gasteiger charge is -2.10. The number of pyridine rings is 1. The van der Waals surface area contributed by atoms with Gasteiger partial charge in [-0.25, -0.2) is 18.5 Å². The number of rotatable bonds is 5. The minimum absolute atomic E-state index is 0.0536. The van der Waals surface area contributed by atoms with E-state index in [1.807, 2.05) is 28.8 Å². The molecule has 0 aliphatic rings. The van der Waals surface area contributed by atoms with E-state index in [9.17, 15) is 18.3 Å². The van der Waals surface area contributed by atoms with E-state index in [0.717, 1.165) is 10.9 Å². The van der Waals surface area contributed by atoms with Crippen LogP contribution in [0.15, 0.2) is 58.2 Å². The average molecular weight is 398 g/mol. The number of fused-ring (bicyclic) bond motifs is 3. The van der Waals surface area contributed by atoms with E-state index >= 15 is 0 Å². The predicted molar refractivity (Wildman–Crippen MR) is 105 cm³/mol. The Morgan fingerprint density at radius 1 is 1.11 bits per heavy atom. The number of hydrogen-bond donors (Lipinski definition) is 3. The van der Waals surface area contributed by atoms with E-state index < -0.39 is 10.0 Å². The zero-order valence-electron chi connectivity index (χ0n) is 14.8. The second-order valence-corrected chi connectivity index (χ2v) is 8.04. The lowest BCUT2D eigenvalue weighted by molar-refractivity contribution is 0.266. The third-order valence-electron chi connectivity index (χ3n) is 4.71. The van der Waals surface area contributed by atoms with E-state index in [2.05, 4.69) is 9.97 Å². The fourth-order valence-corrected chi connectivity index (χ4v) is 3.87. The van der Waals surface area contributed by atoms with Crippen molar-refractivity contribution in [3.63, 3.8) is 0 Å². The molecule has 2 heterocycles. The van der Waals surface area contributed by atoms with Crippen LogP contribution in [0.3, 0.4) is 0 Å². The average Bonchev–Trinajstić information content (AvgIpc) is 3.05. The molecule has 0 spiro atoms. The number of primary sulfonamides is 1. The summed E-state index contributed by atoms with van der Waals surface area (Å²) in [7, 11) is -3.73. The van der Waals surface area contributed by atoms with Crippen molar-refractivity contribution in [3.8, 4) is 0 Å². The molecule has 4 aromatic rings. The summed E-state index contributed by atoms with van der Waals surface area (Å²) >= 11 is 0. The van der Waals surface area contributed by atoms with E-state index in [4.69, 9.17) is 5.14 Å². The van der Waals surface area contributed by atoms with Gasteiger partial charge in [0.2, 0.25) is 10.0 Å². The number of aliphatic hydroxyl groups excluding tert-OH is 1. The Morgan fingerprint density at radius 2 is 1.82 bits per heavy atom. The summed E-state index contributed by atoms with van der Waals surface area (Å²) in [5.74, 6) is 0.401. The van der Waals surface area contributed by atoms with Crippen LogP contribution in [-0.2, 0) is 29.6 Å². The Bertz CT molecular complexity index is 1340. The van der Waals surface area contributed by atoms with Gasteiger partial charge >= 0.3 is 0 Å². The van der Waals surface area contributed by atoms with E-state index in [0.29, 0.717) is 29.8 Å². The summed E-state index contributed by atoms with van der Waals surface area (Å²) in [5, 5.41) is 15.7. The lowest BCUT2D eigenvalue weighted by atomic mass is 10.1. The molecule has 0 bridgehead atoms. The molecule has 0 saturated carbocycles. The second-order valence-electron chi connectivity index (χ2n) is 6.47. The molecule has 4 N–H and O–H groups in total. The molecule has 0 atom stereocenters. The van der Waals surface area contributed by atoms with Crippen molar-refractivity contribution in [3.05, 3.63) is 70.3 Å². The molecule has 2 aromatic carbocycles. The lowest BCUT2D eigenvalue weighted by Crippen LogP contribution is -2.12.